The Hall–Kier alpha value is -1.21. The molecule has 0 amide bonds. The Morgan fingerprint density at radius 1 is 1.40 bits per heavy atom. The van der Waals surface area contributed by atoms with E-state index in [0.29, 0.717) is 5.65 Å². The number of hydrogen-bond acceptors (Lipinski definition) is 6. The van der Waals surface area contributed by atoms with E-state index in [9.17, 15) is 0 Å². The second kappa shape index (κ2) is 4.54. The Kier molecular flexibility index (Phi) is 3.12. The summed E-state index contributed by atoms with van der Waals surface area (Å²) in [5.41, 5.74) is 0.673. The standard InChI is InChI=1S/C8H12N6S/c1-13(2)5-6-15-8-4-3-7-9-11-12-14(7)10-8/h3-4H,5-6H2,1-2H3. The van der Waals surface area contributed by atoms with Crippen LogP contribution in [-0.4, -0.2) is 56.5 Å². The smallest absolute Gasteiger partial charge is 0.200 e. The van der Waals surface area contributed by atoms with Crippen molar-refractivity contribution in [3.8, 4) is 0 Å². The number of aromatic nitrogens is 5. The van der Waals surface area contributed by atoms with Gasteiger partial charge in [-0.25, -0.2) is 0 Å². The van der Waals surface area contributed by atoms with Crippen molar-refractivity contribution in [3.05, 3.63) is 12.1 Å². The molecule has 2 heterocycles. The van der Waals surface area contributed by atoms with Crippen LogP contribution < -0.4 is 0 Å². The zero-order chi connectivity index (χ0) is 10.7. The molecule has 0 saturated carbocycles. The second-order valence-corrected chi connectivity index (χ2v) is 4.47. The van der Waals surface area contributed by atoms with Gasteiger partial charge in [-0.3, -0.25) is 0 Å². The minimum Gasteiger partial charge on any atom is -0.309 e. The highest BCUT2D eigenvalue weighted by molar-refractivity contribution is 7.99. The highest BCUT2D eigenvalue weighted by Crippen LogP contribution is 2.14. The summed E-state index contributed by atoms with van der Waals surface area (Å²) in [7, 11) is 4.11. The summed E-state index contributed by atoms with van der Waals surface area (Å²) < 4.78 is 1.44. The first kappa shape index (κ1) is 10.3. The molecule has 0 saturated heterocycles. The minimum atomic E-state index is 0.673. The minimum absolute atomic E-state index is 0.673. The Labute approximate surface area is 91.6 Å². The molecule has 0 atom stereocenters. The maximum Gasteiger partial charge on any atom is 0.200 e. The van der Waals surface area contributed by atoms with Crippen LogP contribution in [0.4, 0.5) is 0 Å². The van der Waals surface area contributed by atoms with Gasteiger partial charge in [0.2, 0.25) is 0 Å². The number of tetrazole rings is 1. The fraction of sp³-hybridized carbons (Fsp3) is 0.500. The van der Waals surface area contributed by atoms with Crippen LogP contribution in [0.25, 0.3) is 5.65 Å². The Morgan fingerprint density at radius 3 is 3.07 bits per heavy atom. The van der Waals surface area contributed by atoms with Crippen molar-refractivity contribution in [1.29, 1.82) is 0 Å². The summed E-state index contributed by atoms with van der Waals surface area (Å²) in [4.78, 5) is 2.14. The lowest BCUT2D eigenvalue weighted by Gasteiger charge is -2.07. The van der Waals surface area contributed by atoms with Crippen LogP contribution >= 0.6 is 11.8 Å². The van der Waals surface area contributed by atoms with Crippen molar-refractivity contribution in [1.82, 2.24) is 30.2 Å². The fourth-order valence-electron chi connectivity index (χ4n) is 1.04. The molecule has 0 aliphatic heterocycles. The Morgan fingerprint density at radius 2 is 2.27 bits per heavy atom. The van der Waals surface area contributed by atoms with Gasteiger partial charge in [-0.15, -0.1) is 26.6 Å². The summed E-state index contributed by atoms with van der Waals surface area (Å²) in [5, 5.41) is 16.3. The van der Waals surface area contributed by atoms with Crippen LogP contribution in [-0.2, 0) is 0 Å². The Balaban J connectivity index is 2.02. The van der Waals surface area contributed by atoms with Crippen LogP contribution in [0.15, 0.2) is 17.2 Å². The fourth-order valence-corrected chi connectivity index (χ4v) is 2.01. The topological polar surface area (TPSA) is 59.2 Å². The second-order valence-electron chi connectivity index (χ2n) is 3.35. The molecule has 2 aromatic heterocycles. The van der Waals surface area contributed by atoms with E-state index in [1.54, 1.807) is 11.8 Å². The average molecular weight is 224 g/mol. The van der Waals surface area contributed by atoms with Gasteiger partial charge >= 0.3 is 0 Å². The van der Waals surface area contributed by atoms with Crippen molar-refractivity contribution in [2.24, 2.45) is 0 Å². The van der Waals surface area contributed by atoms with Gasteiger partial charge in [0.05, 0.1) is 0 Å². The molecule has 0 aliphatic rings. The summed E-state index contributed by atoms with van der Waals surface area (Å²) in [6, 6.07) is 3.80. The van der Waals surface area contributed by atoms with Crippen molar-refractivity contribution >= 4 is 17.4 Å². The molecule has 15 heavy (non-hydrogen) atoms. The molecule has 80 valence electrons. The molecule has 0 fully saturated rings. The van der Waals surface area contributed by atoms with E-state index >= 15 is 0 Å². The van der Waals surface area contributed by atoms with Crippen LogP contribution in [0.1, 0.15) is 0 Å². The maximum absolute atomic E-state index is 4.26. The molecule has 6 nitrogen and oxygen atoms in total. The zero-order valence-corrected chi connectivity index (χ0v) is 9.48. The van der Waals surface area contributed by atoms with E-state index in [1.807, 2.05) is 12.1 Å². The first-order chi connectivity index (χ1) is 7.25. The third-order valence-corrected chi connectivity index (χ3v) is 2.73. The largest absolute Gasteiger partial charge is 0.309 e. The number of rotatable bonds is 4. The lowest BCUT2D eigenvalue weighted by atomic mass is 10.6. The van der Waals surface area contributed by atoms with Crippen LogP contribution in [0.3, 0.4) is 0 Å². The van der Waals surface area contributed by atoms with Crippen LogP contribution in [0.5, 0.6) is 0 Å². The average Bonchev–Trinajstić information content (AvgIpc) is 2.64. The molecule has 0 spiro atoms. The highest BCUT2D eigenvalue weighted by Gasteiger charge is 2.01. The summed E-state index contributed by atoms with van der Waals surface area (Å²) in [5.74, 6) is 1.01. The molecule has 0 N–H and O–H groups in total. The van der Waals surface area contributed by atoms with Gasteiger partial charge < -0.3 is 4.90 Å². The van der Waals surface area contributed by atoms with Crippen molar-refractivity contribution in [2.45, 2.75) is 5.03 Å². The van der Waals surface area contributed by atoms with Crippen LogP contribution in [0, 0.1) is 0 Å². The van der Waals surface area contributed by atoms with E-state index < -0.39 is 0 Å². The van der Waals surface area contributed by atoms with Gasteiger partial charge in [-0.1, -0.05) is 0 Å². The monoisotopic (exact) mass is 224 g/mol. The van der Waals surface area contributed by atoms with Gasteiger partial charge in [-0.2, -0.15) is 0 Å². The van der Waals surface area contributed by atoms with E-state index in [4.69, 9.17) is 0 Å². The van der Waals surface area contributed by atoms with Gasteiger partial charge in [0.25, 0.3) is 0 Å². The van der Waals surface area contributed by atoms with E-state index in [2.05, 4.69) is 39.6 Å². The molecule has 2 aromatic rings. The molecule has 0 aromatic carbocycles. The SMILES string of the molecule is CN(C)CCSc1ccc2nnnn2n1. The molecule has 7 heteroatoms. The molecule has 0 bridgehead atoms. The maximum atomic E-state index is 4.26. The van der Waals surface area contributed by atoms with Crippen molar-refractivity contribution in [3.63, 3.8) is 0 Å². The molecule has 0 aliphatic carbocycles. The number of nitrogens with zero attached hydrogens (tertiary/aromatic N) is 6. The number of fused-ring (bicyclic) bond motifs is 1. The highest BCUT2D eigenvalue weighted by atomic mass is 32.2. The van der Waals surface area contributed by atoms with Crippen LogP contribution in [0.2, 0.25) is 0 Å². The summed E-state index contributed by atoms with van der Waals surface area (Å²) in [6.45, 7) is 1.03. The number of hydrogen-bond donors (Lipinski definition) is 0. The lowest BCUT2D eigenvalue weighted by molar-refractivity contribution is 0.437. The molecular formula is C8H12N6S. The summed E-state index contributed by atoms with van der Waals surface area (Å²) >= 11 is 1.70. The van der Waals surface area contributed by atoms with E-state index in [0.717, 1.165) is 17.3 Å². The molecule has 0 radical (unpaired) electrons. The normalized spacial score (nSPS) is 11.4. The van der Waals surface area contributed by atoms with E-state index in [-0.39, 0.29) is 0 Å². The predicted molar refractivity (Wildman–Crippen MR) is 57.9 cm³/mol. The first-order valence-corrected chi connectivity index (χ1v) is 5.57. The van der Waals surface area contributed by atoms with E-state index in [1.165, 1.54) is 4.63 Å². The quantitative estimate of drug-likeness (QED) is 0.690. The van der Waals surface area contributed by atoms with Gasteiger partial charge in [0, 0.05) is 12.3 Å². The van der Waals surface area contributed by atoms with Gasteiger partial charge in [-0.05, 0) is 36.7 Å². The Bertz CT molecular complexity index is 439. The number of thioether (sulfide) groups is 1. The molecule has 2 rings (SSSR count). The van der Waals surface area contributed by atoms with Crippen molar-refractivity contribution < 1.29 is 0 Å². The summed E-state index contributed by atoms with van der Waals surface area (Å²) in [6.07, 6.45) is 0. The third-order valence-electron chi connectivity index (χ3n) is 1.83. The lowest BCUT2D eigenvalue weighted by Crippen LogP contribution is -2.14. The first-order valence-electron chi connectivity index (χ1n) is 4.58. The van der Waals surface area contributed by atoms with Gasteiger partial charge in [0.15, 0.2) is 5.65 Å². The van der Waals surface area contributed by atoms with Crippen molar-refractivity contribution in [2.75, 3.05) is 26.4 Å². The zero-order valence-electron chi connectivity index (χ0n) is 8.66. The molecule has 0 unspecified atom stereocenters. The third kappa shape index (κ3) is 2.63. The molecular weight excluding hydrogens is 212 g/mol. The predicted octanol–water partition coefficient (Wildman–Crippen LogP) is 0.173. The van der Waals surface area contributed by atoms with Gasteiger partial charge in [0.1, 0.15) is 5.03 Å².